The number of nitrogens with one attached hydrogen (secondary N) is 2. The van der Waals surface area contributed by atoms with Crippen LogP contribution in [0.15, 0.2) is 6.33 Å². The predicted octanol–water partition coefficient (Wildman–Crippen LogP) is 0.0569. The molecule has 0 aliphatic rings. The number of carboxylic acid groups (broad SMARTS) is 1. The number of H-pyrrole nitrogens is 1. The summed E-state index contributed by atoms with van der Waals surface area (Å²) < 4.78 is 0. The van der Waals surface area contributed by atoms with Crippen LogP contribution in [0.25, 0.3) is 0 Å². The van der Waals surface area contributed by atoms with Gasteiger partial charge in [-0.1, -0.05) is 6.92 Å². The molecule has 0 bridgehead atoms. The first-order chi connectivity index (χ1) is 8.49. The number of rotatable bonds is 6. The standard InChI is InChI=1S/C10H17N5O3/c1-7(3-9(16)17)4-11-10(18)15(2)5-8-12-6-13-14-8/h6-7H,3-5H2,1-2H3,(H,11,18)(H,16,17)(H,12,13,14). The molecule has 0 spiro atoms. The zero-order valence-corrected chi connectivity index (χ0v) is 10.4. The first-order valence-corrected chi connectivity index (χ1v) is 5.54. The maximum Gasteiger partial charge on any atom is 0.317 e. The first kappa shape index (κ1) is 13.9. The number of hydrogen-bond donors (Lipinski definition) is 3. The summed E-state index contributed by atoms with van der Waals surface area (Å²) in [6.45, 7) is 2.41. The minimum atomic E-state index is -0.869. The highest BCUT2D eigenvalue weighted by atomic mass is 16.4. The molecule has 1 aromatic rings. The van der Waals surface area contributed by atoms with Crippen LogP contribution in [-0.2, 0) is 11.3 Å². The summed E-state index contributed by atoms with van der Waals surface area (Å²) in [6.07, 6.45) is 1.40. The van der Waals surface area contributed by atoms with E-state index in [0.717, 1.165) is 0 Å². The smallest absolute Gasteiger partial charge is 0.317 e. The molecule has 2 amide bonds. The van der Waals surface area contributed by atoms with E-state index >= 15 is 0 Å². The SMILES string of the molecule is CC(CNC(=O)N(C)Cc1ncn[nH]1)CC(=O)O. The number of aromatic nitrogens is 3. The Morgan fingerprint density at radius 1 is 1.61 bits per heavy atom. The molecule has 0 saturated heterocycles. The number of aromatic amines is 1. The van der Waals surface area contributed by atoms with Gasteiger partial charge in [-0.2, -0.15) is 5.10 Å². The first-order valence-electron chi connectivity index (χ1n) is 5.54. The third kappa shape index (κ3) is 4.81. The van der Waals surface area contributed by atoms with E-state index in [4.69, 9.17) is 5.11 Å². The molecule has 8 heteroatoms. The van der Waals surface area contributed by atoms with Crippen molar-refractivity contribution in [3.05, 3.63) is 12.2 Å². The topological polar surface area (TPSA) is 111 Å². The Balaban J connectivity index is 2.29. The quantitative estimate of drug-likeness (QED) is 0.665. The van der Waals surface area contributed by atoms with Crippen LogP contribution in [0.4, 0.5) is 4.79 Å². The highest BCUT2D eigenvalue weighted by Gasteiger charge is 2.13. The summed E-state index contributed by atoms with van der Waals surface area (Å²) in [7, 11) is 1.62. The Labute approximate surface area is 104 Å². The van der Waals surface area contributed by atoms with Crippen LogP contribution in [0.5, 0.6) is 0 Å². The third-order valence-corrected chi connectivity index (χ3v) is 2.32. The Kier molecular flexibility index (Phi) is 5.09. The maximum atomic E-state index is 11.7. The fraction of sp³-hybridized carbons (Fsp3) is 0.600. The van der Waals surface area contributed by atoms with E-state index in [9.17, 15) is 9.59 Å². The van der Waals surface area contributed by atoms with E-state index in [0.29, 0.717) is 18.9 Å². The fourth-order valence-corrected chi connectivity index (χ4v) is 1.37. The highest BCUT2D eigenvalue weighted by molar-refractivity contribution is 5.73. The van der Waals surface area contributed by atoms with Gasteiger partial charge in [0, 0.05) is 20.0 Å². The lowest BCUT2D eigenvalue weighted by atomic mass is 10.1. The fourth-order valence-electron chi connectivity index (χ4n) is 1.37. The Bertz CT molecular complexity index is 392. The Morgan fingerprint density at radius 2 is 2.33 bits per heavy atom. The minimum absolute atomic E-state index is 0.0338. The van der Waals surface area contributed by atoms with Crippen LogP contribution in [0.1, 0.15) is 19.2 Å². The van der Waals surface area contributed by atoms with Crippen LogP contribution in [0, 0.1) is 5.92 Å². The third-order valence-electron chi connectivity index (χ3n) is 2.32. The summed E-state index contributed by atoms with van der Waals surface area (Å²) >= 11 is 0. The average Bonchev–Trinajstić information content (AvgIpc) is 2.77. The number of aliphatic carboxylic acids is 1. The summed E-state index contributed by atoms with van der Waals surface area (Å²) in [4.78, 5) is 27.5. The van der Waals surface area contributed by atoms with Gasteiger partial charge in [-0.25, -0.2) is 9.78 Å². The number of urea groups is 1. The second-order valence-electron chi connectivity index (χ2n) is 4.18. The van der Waals surface area contributed by atoms with Gasteiger partial charge in [0.15, 0.2) is 0 Å². The van der Waals surface area contributed by atoms with E-state index in [1.165, 1.54) is 11.2 Å². The molecule has 0 aromatic carbocycles. The summed E-state index contributed by atoms with van der Waals surface area (Å²) in [6, 6.07) is -0.274. The number of carbonyl (C=O) groups is 2. The molecule has 1 aromatic heterocycles. The second-order valence-corrected chi connectivity index (χ2v) is 4.18. The van der Waals surface area contributed by atoms with E-state index < -0.39 is 5.97 Å². The molecule has 1 rings (SSSR count). The summed E-state index contributed by atoms with van der Waals surface area (Å²) in [5, 5.41) is 17.6. The van der Waals surface area contributed by atoms with Gasteiger partial charge in [0.1, 0.15) is 12.2 Å². The molecule has 0 aliphatic carbocycles. The number of carbonyl (C=O) groups excluding carboxylic acids is 1. The van der Waals surface area contributed by atoms with Crippen molar-refractivity contribution in [2.75, 3.05) is 13.6 Å². The number of hydrogen-bond acceptors (Lipinski definition) is 4. The van der Waals surface area contributed by atoms with Gasteiger partial charge < -0.3 is 15.3 Å². The molecule has 1 heterocycles. The van der Waals surface area contributed by atoms with Crippen molar-refractivity contribution in [1.29, 1.82) is 0 Å². The van der Waals surface area contributed by atoms with Crippen LogP contribution >= 0.6 is 0 Å². The van der Waals surface area contributed by atoms with Crippen LogP contribution < -0.4 is 5.32 Å². The lowest BCUT2D eigenvalue weighted by molar-refractivity contribution is -0.137. The predicted molar refractivity (Wildman–Crippen MR) is 62.7 cm³/mol. The molecule has 1 atom stereocenters. The van der Waals surface area contributed by atoms with Gasteiger partial charge in [-0.15, -0.1) is 0 Å². The normalized spacial score (nSPS) is 11.9. The van der Waals surface area contributed by atoms with Crippen LogP contribution in [-0.4, -0.2) is 50.8 Å². The molecule has 0 radical (unpaired) electrons. The molecule has 3 N–H and O–H groups in total. The lowest BCUT2D eigenvalue weighted by Crippen LogP contribution is -2.39. The van der Waals surface area contributed by atoms with E-state index in [1.54, 1.807) is 14.0 Å². The van der Waals surface area contributed by atoms with Crippen molar-refractivity contribution in [1.82, 2.24) is 25.4 Å². The van der Waals surface area contributed by atoms with Crippen molar-refractivity contribution in [2.45, 2.75) is 19.9 Å². The zero-order valence-electron chi connectivity index (χ0n) is 10.4. The average molecular weight is 255 g/mol. The molecule has 100 valence electrons. The van der Waals surface area contributed by atoms with Crippen molar-refractivity contribution in [2.24, 2.45) is 5.92 Å². The van der Waals surface area contributed by atoms with Crippen molar-refractivity contribution in [3.63, 3.8) is 0 Å². The van der Waals surface area contributed by atoms with Crippen LogP contribution in [0.3, 0.4) is 0 Å². The number of carboxylic acids is 1. The lowest BCUT2D eigenvalue weighted by Gasteiger charge is -2.18. The van der Waals surface area contributed by atoms with Gasteiger partial charge in [-0.05, 0) is 5.92 Å². The molecule has 18 heavy (non-hydrogen) atoms. The summed E-state index contributed by atoms with van der Waals surface area (Å²) in [5.41, 5.74) is 0. The molecule has 1 unspecified atom stereocenters. The monoisotopic (exact) mass is 255 g/mol. The van der Waals surface area contributed by atoms with E-state index in [1.807, 2.05) is 0 Å². The zero-order chi connectivity index (χ0) is 13.5. The molecule has 0 aliphatic heterocycles. The van der Waals surface area contributed by atoms with Gasteiger partial charge in [0.2, 0.25) is 0 Å². The molecule has 0 fully saturated rings. The van der Waals surface area contributed by atoms with Gasteiger partial charge in [-0.3, -0.25) is 9.89 Å². The van der Waals surface area contributed by atoms with Gasteiger partial charge >= 0.3 is 12.0 Å². The van der Waals surface area contributed by atoms with Gasteiger partial charge in [0.25, 0.3) is 0 Å². The molecular formula is C10H17N5O3. The summed E-state index contributed by atoms with van der Waals surface area (Å²) in [5.74, 6) is -0.386. The Hall–Kier alpha value is -2.12. The van der Waals surface area contributed by atoms with Crippen molar-refractivity contribution in [3.8, 4) is 0 Å². The van der Waals surface area contributed by atoms with E-state index in [2.05, 4.69) is 20.5 Å². The van der Waals surface area contributed by atoms with Gasteiger partial charge in [0.05, 0.1) is 6.54 Å². The van der Waals surface area contributed by atoms with Crippen molar-refractivity contribution < 1.29 is 14.7 Å². The maximum absolute atomic E-state index is 11.7. The molecule has 8 nitrogen and oxygen atoms in total. The molecule has 0 saturated carbocycles. The largest absolute Gasteiger partial charge is 0.481 e. The Morgan fingerprint density at radius 3 is 2.89 bits per heavy atom. The van der Waals surface area contributed by atoms with Crippen molar-refractivity contribution >= 4 is 12.0 Å². The number of nitrogens with zero attached hydrogens (tertiary/aromatic N) is 3. The highest BCUT2D eigenvalue weighted by Crippen LogP contribution is 2.00. The number of amides is 2. The minimum Gasteiger partial charge on any atom is -0.481 e. The van der Waals surface area contributed by atoms with Crippen LogP contribution in [0.2, 0.25) is 0 Å². The second kappa shape index (κ2) is 6.58. The molecular weight excluding hydrogens is 238 g/mol. The van der Waals surface area contributed by atoms with E-state index in [-0.39, 0.29) is 18.4 Å².